The molecule has 3 heterocycles. The standard InChI is InChI=1S/C27H30O8/c1-26(18-13-21(30-2)23-22(14-18)33-15-34-23)24(16-6-4-3-5-7-16)27(29,35-25(26)28)17-8-9-19-20(12-17)32-11-10-31-19/h8-9,12-14,16,24,29H,3-7,10-11,15H2,1-2H3. The number of carbonyl (C=O) groups is 1. The van der Waals surface area contributed by atoms with Gasteiger partial charge < -0.3 is 33.5 Å². The first-order chi connectivity index (χ1) is 16.9. The molecule has 0 radical (unpaired) electrons. The summed E-state index contributed by atoms with van der Waals surface area (Å²) in [7, 11) is 1.56. The SMILES string of the molecule is COc1cc(C2(C)C(=O)OC(O)(c3ccc4c(c3)OCCO4)C2C2CCCCC2)cc2c1OCO2. The van der Waals surface area contributed by atoms with E-state index >= 15 is 0 Å². The van der Waals surface area contributed by atoms with Crippen molar-refractivity contribution in [1.29, 1.82) is 0 Å². The van der Waals surface area contributed by atoms with Crippen LogP contribution in [0.15, 0.2) is 30.3 Å². The van der Waals surface area contributed by atoms with Gasteiger partial charge in [-0.2, -0.15) is 0 Å². The average Bonchev–Trinajstić information content (AvgIpc) is 3.44. The maximum absolute atomic E-state index is 13.8. The van der Waals surface area contributed by atoms with Gasteiger partial charge >= 0.3 is 5.97 Å². The summed E-state index contributed by atoms with van der Waals surface area (Å²) in [5.41, 5.74) is 0.0212. The molecule has 8 heteroatoms. The second-order valence-corrected chi connectivity index (χ2v) is 9.93. The smallest absolute Gasteiger partial charge is 0.319 e. The fourth-order valence-electron chi connectivity index (χ4n) is 6.32. The number of hydrogen-bond acceptors (Lipinski definition) is 8. The Labute approximate surface area is 204 Å². The first-order valence-electron chi connectivity index (χ1n) is 12.3. The second kappa shape index (κ2) is 8.22. The van der Waals surface area contributed by atoms with E-state index in [9.17, 15) is 9.90 Å². The van der Waals surface area contributed by atoms with Crippen molar-refractivity contribution in [3.05, 3.63) is 41.5 Å². The number of fused-ring (bicyclic) bond motifs is 2. The summed E-state index contributed by atoms with van der Waals surface area (Å²) in [5, 5.41) is 12.2. The van der Waals surface area contributed by atoms with Crippen molar-refractivity contribution >= 4 is 5.97 Å². The van der Waals surface area contributed by atoms with Gasteiger partial charge in [-0.3, -0.25) is 4.79 Å². The van der Waals surface area contributed by atoms with Crippen molar-refractivity contribution in [2.45, 2.75) is 50.2 Å². The van der Waals surface area contributed by atoms with Crippen LogP contribution >= 0.6 is 0 Å². The van der Waals surface area contributed by atoms with Gasteiger partial charge in [0.2, 0.25) is 18.3 Å². The Morgan fingerprint density at radius 2 is 1.66 bits per heavy atom. The van der Waals surface area contributed by atoms with E-state index in [-0.39, 0.29) is 12.7 Å². The number of aliphatic hydroxyl groups is 1. The van der Waals surface area contributed by atoms with Crippen LogP contribution in [0.5, 0.6) is 28.7 Å². The molecule has 186 valence electrons. The molecule has 1 aliphatic carbocycles. The van der Waals surface area contributed by atoms with Crippen LogP contribution in [-0.2, 0) is 20.7 Å². The van der Waals surface area contributed by atoms with E-state index in [0.717, 1.165) is 32.1 Å². The van der Waals surface area contributed by atoms with Gasteiger partial charge in [-0.1, -0.05) is 19.3 Å². The fourth-order valence-corrected chi connectivity index (χ4v) is 6.32. The summed E-state index contributed by atoms with van der Waals surface area (Å²) in [5.74, 6) is -0.0805. The molecule has 0 spiro atoms. The van der Waals surface area contributed by atoms with Crippen molar-refractivity contribution in [3.63, 3.8) is 0 Å². The van der Waals surface area contributed by atoms with Crippen LogP contribution in [0.3, 0.4) is 0 Å². The summed E-state index contributed by atoms with van der Waals surface area (Å²) in [4.78, 5) is 13.8. The van der Waals surface area contributed by atoms with E-state index in [0.29, 0.717) is 53.1 Å². The molecule has 1 N–H and O–H groups in total. The van der Waals surface area contributed by atoms with E-state index in [1.807, 2.05) is 13.0 Å². The highest BCUT2D eigenvalue weighted by atomic mass is 16.7. The summed E-state index contributed by atoms with van der Waals surface area (Å²) < 4.78 is 34.2. The largest absolute Gasteiger partial charge is 0.493 e. The molecule has 4 aliphatic rings. The lowest BCUT2D eigenvalue weighted by Crippen LogP contribution is -2.46. The molecule has 2 aromatic carbocycles. The molecule has 1 saturated carbocycles. The Hall–Kier alpha value is -3.13. The van der Waals surface area contributed by atoms with E-state index < -0.39 is 23.1 Å². The minimum absolute atomic E-state index is 0.0785. The third kappa shape index (κ3) is 3.33. The van der Waals surface area contributed by atoms with E-state index in [1.165, 1.54) is 0 Å². The van der Waals surface area contributed by atoms with Crippen LogP contribution in [0.25, 0.3) is 0 Å². The monoisotopic (exact) mass is 482 g/mol. The third-order valence-electron chi connectivity index (χ3n) is 8.05. The average molecular weight is 483 g/mol. The Balaban J connectivity index is 1.50. The van der Waals surface area contributed by atoms with E-state index in [1.54, 1.807) is 31.4 Å². The number of ether oxygens (including phenoxy) is 6. The Morgan fingerprint density at radius 1 is 0.914 bits per heavy atom. The highest BCUT2D eigenvalue weighted by Crippen LogP contribution is 2.59. The second-order valence-electron chi connectivity index (χ2n) is 9.93. The molecule has 8 nitrogen and oxygen atoms in total. The molecule has 35 heavy (non-hydrogen) atoms. The van der Waals surface area contributed by atoms with Gasteiger partial charge in [-0.25, -0.2) is 0 Å². The molecule has 1 saturated heterocycles. The molecule has 3 atom stereocenters. The van der Waals surface area contributed by atoms with Gasteiger partial charge in [-0.15, -0.1) is 0 Å². The first-order valence-corrected chi connectivity index (χ1v) is 12.3. The quantitative estimate of drug-likeness (QED) is 0.653. The van der Waals surface area contributed by atoms with Crippen molar-refractivity contribution in [3.8, 4) is 28.7 Å². The maximum Gasteiger partial charge on any atom is 0.319 e. The molecular weight excluding hydrogens is 452 g/mol. The normalized spacial score (nSPS) is 29.7. The zero-order chi connectivity index (χ0) is 24.2. The molecule has 3 unspecified atom stereocenters. The topological polar surface area (TPSA) is 92.7 Å². The van der Waals surface area contributed by atoms with E-state index in [2.05, 4.69) is 0 Å². The molecule has 2 fully saturated rings. The maximum atomic E-state index is 13.8. The highest BCUT2D eigenvalue weighted by Gasteiger charge is 2.66. The molecule has 6 rings (SSSR count). The molecule has 3 aliphatic heterocycles. The van der Waals surface area contributed by atoms with Crippen LogP contribution in [-0.4, -0.2) is 38.2 Å². The molecular formula is C27H30O8. The van der Waals surface area contributed by atoms with Crippen LogP contribution in [0.2, 0.25) is 0 Å². The lowest BCUT2D eigenvalue weighted by Gasteiger charge is -2.41. The number of esters is 1. The number of benzene rings is 2. The number of hydrogen-bond donors (Lipinski definition) is 1. The lowest BCUT2D eigenvalue weighted by atomic mass is 9.61. The van der Waals surface area contributed by atoms with Crippen molar-refractivity contribution in [2.75, 3.05) is 27.1 Å². The number of cyclic esters (lactones) is 1. The predicted molar refractivity (Wildman–Crippen MR) is 124 cm³/mol. The van der Waals surface area contributed by atoms with Gasteiger partial charge in [0, 0.05) is 5.56 Å². The summed E-state index contributed by atoms with van der Waals surface area (Å²) in [6.45, 7) is 2.85. The van der Waals surface area contributed by atoms with E-state index in [4.69, 9.17) is 28.4 Å². The Bertz CT molecular complexity index is 1160. The van der Waals surface area contributed by atoms with Crippen LogP contribution in [0, 0.1) is 11.8 Å². The lowest BCUT2D eigenvalue weighted by molar-refractivity contribution is -0.216. The van der Waals surface area contributed by atoms with Gasteiger partial charge in [0.25, 0.3) is 0 Å². The molecule has 0 bridgehead atoms. The molecule has 2 aromatic rings. The number of rotatable bonds is 4. The van der Waals surface area contributed by atoms with Crippen molar-refractivity contribution in [2.24, 2.45) is 11.8 Å². The van der Waals surface area contributed by atoms with Crippen LogP contribution < -0.4 is 23.7 Å². The van der Waals surface area contributed by atoms with Crippen LogP contribution in [0.4, 0.5) is 0 Å². The first kappa shape index (κ1) is 22.3. The molecule has 0 aromatic heterocycles. The van der Waals surface area contributed by atoms with Crippen molar-refractivity contribution in [1.82, 2.24) is 0 Å². The summed E-state index contributed by atoms with van der Waals surface area (Å²) >= 11 is 0. The van der Waals surface area contributed by atoms with Gasteiger partial charge in [0.15, 0.2) is 23.0 Å². The minimum atomic E-state index is -1.83. The van der Waals surface area contributed by atoms with Crippen LogP contribution in [0.1, 0.15) is 50.2 Å². The van der Waals surface area contributed by atoms with Gasteiger partial charge in [0.05, 0.1) is 13.0 Å². The third-order valence-corrected chi connectivity index (χ3v) is 8.05. The zero-order valence-electron chi connectivity index (χ0n) is 20.0. The Morgan fingerprint density at radius 3 is 2.43 bits per heavy atom. The summed E-state index contributed by atoms with van der Waals surface area (Å²) in [6.07, 6.45) is 5.06. The van der Waals surface area contributed by atoms with Gasteiger partial charge in [0.1, 0.15) is 18.6 Å². The fraction of sp³-hybridized carbons (Fsp3) is 0.519. The summed E-state index contributed by atoms with van der Waals surface area (Å²) in [6, 6.07) is 8.90. The minimum Gasteiger partial charge on any atom is -0.493 e. The number of carbonyl (C=O) groups excluding carboxylic acids is 1. The van der Waals surface area contributed by atoms with Gasteiger partial charge in [-0.05, 0) is 61.6 Å². The van der Waals surface area contributed by atoms with Crippen molar-refractivity contribution < 1.29 is 38.3 Å². The zero-order valence-corrected chi connectivity index (χ0v) is 20.0. The Kier molecular flexibility index (Phi) is 5.25. The highest BCUT2D eigenvalue weighted by molar-refractivity contribution is 5.87. The molecule has 0 amide bonds. The number of methoxy groups -OCH3 is 1. The predicted octanol–water partition coefficient (Wildman–Crippen LogP) is 4.05.